The van der Waals surface area contributed by atoms with Gasteiger partial charge in [-0.05, 0) is 49.4 Å². The van der Waals surface area contributed by atoms with Gasteiger partial charge in [-0.25, -0.2) is 4.39 Å². The first-order valence-electron chi connectivity index (χ1n) is 6.55. The Morgan fingerprint density at radius 2 is 1.68 bits per heavy atom. The van der Waals surface area contributed by atoms with E-state index in [0.29, 0.717) is 11.1 Å². The van der Waals surface area contributed by atoms with Gasteiger partial charge in [-0.3, -0.25) is 0 Å². The van der Waals surface area contributed by atoms with E-state index in [2.05, 4.69) is 25.1 Å². The zero-order chi connectivity index (χ0) is 14.0. The minimum Gasteiger partial charge on any atom is -0.324 e. The lowest BCUT2D eigenvalue weighted by molar-refractivity contribution is 0.605. The van der Waals surface area contributed by atoms with E-state index in [1.165, 1.54) is 11.1 Å². The van der Waals surface area contributed by atoms with Gasteiger partial charge in [-0.2, -0.15) is 0 Å². The molecule has 2 rings (SSSR count). The fourth-order valence-corrected chi connectivity index (χ4v) is 2.40. The Bertz CT molecular complexity index is 567. The van der Waals surface area contributed by atoms with Gasteiger partial charge in [0, 0.05) is 6.04 Å². The minimum atomic E-state index is -0.133. The van der Waals surface area contributed by atoms with Gasteiger partial charge < -0.3 is 5.73 Å². The smallest absolute Gasteiger partial charge is 0.129 e. The van der Waals surface area contributed by atoms with Crippen molar-refractivity contribution in [2.45, 2.75) is 33.2 Å². The quantitative estimate of drug-likeness (QED) is 0.884. The molecular formula is C17H20FN. The van der Waals surface area contributed by atoms with Crippen molar-refractivity contribution in [2.75, 3.05) is 0 Å². The Kier molecular flexibility index (Phi) is 4.01. The molecule has 1 atom stereocenters. The summed E-state index contributed by atoms with van der Waals surface area (Å²) in [5, 5.41) is 0. The topological polar surface area (TPSA) is 26.0 Å². The van der Waals surface area contributed by atoms with Crippen LogP contribution < -0.4 is 5.73 Å². The van der Waals surface area contributed by atoms with Crippen LogP contribution in [0, 0.1) is 26.6 Å². The first kappa shape index (κ1) is 13.8. The van der Waals surface area contributed by atoms with E-state index in [4.69, 9.17) is 5.73 Å². The molecule has 0 spiro atoms. The van der Waals surface area contributed by atoms with E-state index >= 15 is 0 Å². The number of hydrogen-bond donors (Lipinski definition) is 1. The molecule has 2 heteroatoms. The number of nitrogens with two attached hydrogens (primary N) is 1. The van der Waals surface area contributed by atoms with Gasteiger partial charge in [0.2, 0.25) is 0 Å². The van der Waals surface area contributed by atoms with Crippen molar-refractivity contribution in [3.8, 4) is 0 Å². The molecule has 0 radical (unpaired) electrons. The van der Waals surface area contributed by atoms with Gasteiger partial charge in [-0.15, -0.1) is 0 Å². The maximum absolute atomic E-state index is 13.6. The highest BCUT2D eigenvalue weighted by molar-refractivity contribution is 5.33. The fraction of sp³-hybridized carbons (Fsp3) is 0.294. The van der Waals surface area contributed by atoms with Gasteiger partial charge >= 0.3 is 0 Å². The third kappa shape index (κ3) is 3.21. The van der Waals surface area contributed by atoms with E-state index in [9.17, 15) is 4.39 Å². The second-order valence-corrected chi connectivity index (χ2v) is 5.27. The molecule has 2 N–H and O–H groups in total. The summed E-state index contributed by atoms with van der Waals surface area (Å²) in [5.41, 5.74) is 11.0. The largest absolute Gasteiger partial charge is 0.324 e. The molecule has 0 saturated carbocycles. The Labute approximate surface area is 114 Å². The normalized spacial score (nSPS) is 12.5. The Balaban J connectivity index is 2.23. The lowest BCUT2D eigenvalue weighted by atomic mass is 9.96. The summed E-state index contributed by atoms with van der Waals surface area (Å²) >= 11 is 0. The summed E-state index contributed by atoms with van der Waals surface area (Å²) in [6, 6.07) is 11.9. The Morgan fingerprint density at radius 3 is 2.26 bits per heavy atom. The molecule has 1 unspecified atom stereocenters. The van der Waals surface area contributed by atoms with Crippen molar-refractivity contribution in [2.24, 2.45) is 5.73 Å². The predicted molar refractivity (Wildman–Crippen MR) is 77.7 cm³/mol. The molecule has 100 valence electrons. The molecule has 0 heterocycles. The average molecular weight is 257 g/mol. The van der Waals surface area contributed by atoms with Crippen molar-refractivity contribution in [1.29, 1.82) is 0 Å². The van der Waals surface area contributed by atoms with Crippen LogP contribution in [-0.4, -0.2) is 0 Å². The summed E-state index contributed by atoms with van der Waals surface area (Å²) in [5.74, 6) is -0.133. The average Bonchev–Trinajstić information content (AvgIpc) is 2.35. The van der Waals surface area contributed by atoms with E-state index < -0.39 is 0 Å². The van der Waals surface area contributed by atoms with Crippen LogP contribution in [-0.2, 0) is 6.42 Å². The molecule has 0 amide bonds. The summed E-state index contributed by atoms with van der Waals surface area (Å²) in [6.45, 7) is 5.64. The Hall–Kier alpha value is -1.67. The van der Waals surface area contributed by atoms with E-state index in [1.807, 2.05) is 18.2 Å². The van der Waals surface area contributed by atoms with E-state index in [-0.39, 0.29) is 11.9 Å². The van der Waals surface area contributed by atoms with Crippen LogP contribution in [0.1, 0.15) is 33.9 Å². The molecule has 0 aliphatic carbocycles. The zero-order valence-electron chi connectivity index (χ0n) is 11.7. The number of halogens is 1. The van der Waals surface area contributed by atoms with Crippen molar-refractivity contribution in [1.82, 2.24) is 0 Å². The monoisotopic (exact) mass is 257 g/mol. The standard InChI is InChI=1S/C17H20FN/c1-11-5-4-6-14(7-11)10-16(19)15-8-12(2)17(18)13(3)9-15/h4-9,16H,10,19H2,1-3H3. The summed E-state index contributed by atoms with van der Waals surface area (Å²) in [4.78, 5) is 0. The van der Waals surface area contributed by atoms with Crippen LogP contribution in [0.15, 0.2) is 36.4 Å². The molecular weight excluding hydrogens is 237 g/mol. The second kappa shape index (κ2) is 5.54. The molecule has 0 aliphatic rings. The first-order valence-corrected chi connectivity index (χ1v) is 6.55. The summed E-state index contributed by atoms with van der Waals surface area (Å²) in [6.07, 6.45) is 0.770. The number of hydrogen-bond acceptors (Lipinski definition) is 1. The molecule has 0 fully saturated rings. The minimum absolute atomic E-state index is 0.0974. The molecule has 0 aromatic heterocycles. The first-order chi connectivity index (χ1) is 8.97. The van der Waals surface area contributed by atoms with Crippen molar-refractivity contribution < 1.29 is 4.39 Å². The molecule has 1 nitrogen and oxygen atoms in total. The third-order valence-corrected chi connectivity index (χ3v) is 3.43. The third-order valence-electron chi connectivity index (χ3n) is 3.43. The highest BCUT2D eigenvalue weighted by Gasteiger charge is 2.11. The zero-order valence-corrected chi connectivity index (χ0v) is 11.7. The molecule has 2 aromatic carbocycles. The van der Waals surface area contributed by atoms with Crippen molar-refractivity contribution in [3.63, 3.8) is 0 Å². The van der Waals surface area contributed by atoms with Crippen LogP contribution in [0.5, 0.6) is 0 Å². The number of benzene rings is 2. The van der Waals surface area contributed by atoms with Crippen LogP contribution >= 0.6 is 0 Å². The van der Waals surface area contributed by atoms with Gasteiger partial charge in [0.25, 0.3) is 0 Å². The molecule has 0 saturated heterocycles. The summed E-state index contributed by atoms with van der Waals surface area (Å²) in [7, 11) is 0. The molecule has 2 aromatic rings. The van der Waals surface area contributed by atoms with Gasteiger partial charge in [0.1, 0.15) is 5.82 Å². The fourth-order valence-electron chi connectivity index (χ4n) is 2.40. The second-order valence-electron chi connectivity index (χ2n) is 5.27. The van der Waals surface area contributed by atoms with E-state index in [0.717, 1.165) is 12.0 Å². The van der Waals surface area contributed by atoms with Crippen LogP contribution in [0.4, 0.5) is 4.39 Å². The van der Waals surface area contributed by atoms with Crippen LogP contribution in [0.2, 0.25) is 0 Å². The van der Waals surface area contributed by atoms with Gasteiger partial charge in [0.05, 0.1) is 0 Å². The van der Waals surface area contributed by atoms with Crippen molar-refractivity contribution in [3.05, 3.63) is 70.0 Å². The van der Waals surface area contributed by atoms with Gasteiger partial charge in [0.15, 0.2) is 0 Å². The van der Waals surface area contributed by atoms with Crippen LogP contribution in [0.3, 0.4) is 0 Å². The maximum Gasteiger partial charge on any atom is 0.129 e. The number of aryl methyl sites for hydroxylation is 3. The highest BCUT2D eigenvalue weighted by Crippen LogP contribution is 2.22. The van der Waals surface area contributed by atoms with Crippen LogP contribution in [0.25, 0.3) is 0 Å². The highest BCUT2D eigenvalue weighted by atomic mass is 19.1. The summed E-state index contributed by atoms with van der Waals surface area (Å²) < 4.78 is 13.6. The lowest BCUT2D eigenvalue weighted by Gasteiger charge is -2.15. The molecule has 0 bridgehead atoms. The van der Waals surface area contributed by atoms with E-state index in [1.54, 1.807) is 13.8 Å². The SMILES string of the molecule is Cc1cccc(CC(N)c2cc(C)c(F)c(C)c2)c1. The number of rotatable bonds is 3. The van der Waals surface area contributed by atoms with Crippen molar-refractivity contribution >= 4 is 0 Å². The van der Waals surface area contributed by atoms with Gasteiger partial charge in [-0.1, -0.05) is 42.0 Å². The molecule has 0 aliphatic heterocycles. The lowest BCUT2D eigenvalue weighted by Crippen LogP contribution is -2.14. The maximum atomic E-state index is 13.6. The molecule has 19 heavy (non-hydrogen) atoms. The predicted octanol–water partition coefficient (Wildman–Crippen LogP) is 3.99. The Morgan fingerprint density at radius 1 is 1.05 bits per heavy atom.